The number of aromatic nitrogens is 3. The van der Waals surface area contributed by atoms with Crippen LogP contribution in [0.25, 0.3) is 11.2 Å². The third-order valence-corrected chi connectivity index (χ3v) is 5.06. The number of ether oxygens (including phenoxy) is 1. The lowest BCUT2D eigenvalue weighted by molar-refractivity contribution is -0.0590. The zero-order valence-electron chi connectivity index (χ0n) is 13.7. The third-order valence-electron chi connectivity index (χ3n) is 4.42. The van der Waals surface area contributed by atoms with Gasteiger partial charge >= 0.3 is 5.97 Å². The zero-order valence-corrected chi connectivity index (χ0v) is 15.2. The minimum Gasteiger partial charge on any atom is -0.477 e. The fraction of sp³-hybridized carbons (Fsp3) is 0.278. The van der Waals surface area contributed by atoms with Crippen molar-refractivity contribution in [3.05, 3.63) is 57.7 Å². The number of carboxylic acids is 1. The fourth-order valence-electron chi connectivity index (χ4n) is 2.96. The number of rotatable bonds is 5. The fourth-order valence-corrected chi connectivity index (χ4v) is 3.21. The molecule has 134 valence electrons. The monoisotopic (exact) mass is 419 g/mol. The lowest BCUT2D eigenvalue weighted by atomic mass is 10.1. The maximum absolute atomic E-state index is 13.8. The van der Waals surface area contributed by atoms with Crippen molar-refractivity contribution in [3.8, 4) is 0 Å². The predicted octanol–water partition coefficient (Wildman–Crippen LogP) is 3.41. The largest absolute Gasteiger partial charge is 0.477 e. The van der Waals surface area contributed by atoms with E-state index in [1.165, 1.54) is 12.1 Å². The molecule has 0 saturated carbocycles. The highest BCUT2D eigenvalue weighted by Gasteiger charge is 2.23. The van der Waals surface area contributed by atoms with Gasteiger partial charge in [0.15, 0.2) is 11.3 Å². The summed E-state index contributed by atoms with van der Waals surface area (Å²) in [5, 5.41) is 9.21. The van der Waals surface area contributed by atoms with Gasteiger partial charge in [-0.05, 0) is 52.2 Å². The first-order valence-corrected chi connectivity index (χ1v) is 8.95. The van der Waals surface area contributed by atoms with Crippen LogP contribution in [0.4, 0.5) is 4.39 Å². The van der Waals surface area contributed by atoms with Crippen molar-refractivity contribution in [2.24, 2.45) is 0 Å². The highest BCUT2D eigenvalue weighted by atomic mass is 79.9. The number of hydrogen-bond acceptors (Lipinski definition) is 4. The van der Waals surface area contributed by atoms with Gasteiger partial charge in [-0.2, -0.15) is 0 Å². The van der Waals surface area contributed by atoms with Crippen molar-refractivity contribution in [1.29, 1.82) is 0 Å². The molecule has 1 aromatic carbocycles. The zero-order chi connectivity index (χ0) is 18.3. The summed E-state index contributed by atoms with van der Waals surface area (Å²) in [5.41, 5.74) is 1.86. The number of aromatic carboxylic acids is 1. The second-order valence-corrected chi connectivity index (χ2v) is 7.04. The molecule has 26 heavy (non-hydrogen) atoms. The second-order valence-electron chi connectivity index (χ2n) is 6.19. The van der Waals surface area contributed by atoms with E-state index in [0.717, 1.165) is 18.6 Å². The number of benzene rings is 1. The van der Waals surface area contributed by atoms with E-state index in [0.29, 0.717) is 34.4 Å². The molecular formula is C18H15BrFN3O3. The van der Waals surface area contributed by atoms with E-state index < -0.39 is 5.97 Å². The molecule has 1 aliphatic rings. The van der Waals surface area contributed by atoms with E-state index in [9.17, 15) is 14.3 Å². The molecule has 0 spiro atoms. The third kappa shape index (κ3) is 3.22. The van der Waals surface area contributed by atoms with Gasteiger partial charge in [-0.15, -0.1) is 0 Å². The molecule has 1 aliphatic heterocycles. The molecule has 6 nitrogen and oxygen atoms in total. The standard InChI is InChI=1S/C18H15BrFN3O3/c19-12-2-1-10(7-13(12)20)8-16-21-14-3-4-15(18(24)25)22-17(14)23(16)9-11-5-6-26-11/h1-4,7,11H,5-6,8-9H2,(H,24,25). The van der Waals surface area contributed by atoms with Gasteiger partial charge in [0.25, 0.3) is 0 Å². The van der Waals surface area contributed by atoms with Gasteiger partial charge in [0.1, 0.15) is 17.2 Å². The Morgan fingerprint density at radius 3 is 2.81 bits per heavy atom. The molecule has 3 aromatic rings. The van der Waals surface area contributed by atoms with E-state index in [4.69, 9.17) is 4.74 Å². The highest BCUT2D eigenvalue weighted by Crippen LogP contribution is 2.23. The van der Waals surface area contributed by atoms with Crippen molar-refractivity contribution in [3.63, 3.8) is 0 Å². The molecule has 1 unspecified atom stereocenters. The Morgan fingerprint density at radius 2 is 2.15 bits per heavy atom. The Kier molecular flexibility index (Phi) is 4.46. The normalized spacial score (nSPS) is 16.6. The summed E-state index contributed by atoms with van der Waals surface area (Å²) in [6, 6.07) is 8.03. The number of halogens is 2. The van der Waals surface area contributed by atoms with Gasteiger partial charge in [0.2, 0.25) is 0 Å². The van der Waals surface area contributed by atoms with Crippen LogP contribution in [-0.2, 0) is 17.7 Å². The van der Waals surface area contributed by atoms with Crippen LogP contribution in [0, 0.1) is 5.82 Å². The summed E-state index contributed by atoms with van der Waals surface area (Å²) in [6.45, 7) is 1.26. The van der Waals surface area contributed by atoms with Crippen LogP contribution in [-0.4, -0.2) is 38.3 Å². The molecule has 0 bridgehead atoms. The van der Waals surface area contributed by atoms with Crippen molar-refractivity contribution < 1.29 is 19.0 Å². The van der Waals surface area contributed by atoms with E-state index in [2.05, 4.69) is 25.9 Å². The molecule has 4 rings (SSSR count). The second kappa shape index (κ2) is 6.77. The maximum atomic E-state index is 13.8. The van der Waals surface area contributed by atoms with Crippen LogP contribution in [0.1, 0.15) is 28.3 Å². The molecule has 3 heterocycles. The van der Waals surface area contributed by atoms with E-state index in [1.54, 1.807) is 12.1 Å². The molecule has 2 aromatic heterocycles. The van der Waals surface area contributed by atoms with Crippen LogP contribution >= 0.6 is 15.9 Å². The Hall–Kier alpha value is -2.32. The predicted molar refractivity (Wildman–Crippen MR) is 95.8 cm³/mol. The number of carbonyl (C=O) groups is 1. The summed E-state index contributed by atoms with van der Waals surface area (Å²) in [6.07, 6.45) is 1.41. The summed E-state index contributed by atoms with van der Waals surface area (Å²) in [4.78, 5) is 20.1. The van der Waals surface area contributed by atoms with Gasteiger partial charge in [0, 0.05) is 13.0 Å². The minimum atomic E-state index is -1.09. The Bertz CT molecular complexity index is 1000. The molecule has 1 saturated heterocycles. The molecule has 0 radical (unpaired) electrons. The number of carboxylic acid groups (broad SMARTS) is 1. The number of pyridine rings is 1. The molecular weight excluding hydrogens is 405 g/mol. The summed E-state index contributed by atoms with van der Waals surface area (Å²) in [5.74, 6) is -0.720. The molecule has 0 aliphatic carbocycles. The molecule has 0 amide bonds. The van der Waals surface area contributed by atoms with Crippen molar-refractivity contribution in [1.82, 2.24) is 14.5 Å². The van der Waals surface area contributed by atoms with Crippen molar-refractivity contribution >= 4 is 33.1 Å². The Balaban J connectivity index is 1.77. The number of hydrogen-bond donors (Lipinski definition) is 1. The van der Waals surface area contributed by atoms with E-state index >= 15 is 0 Å². The van der Waals surface area contributed by atoms with Gasteiger partial charge in [0.05, 0.1) is 17.1 Å². The smallest absolute Gasteiger partial charge is 0.354 e. The van der Waals surface area contributed by atoms with Gasteiger partial charge in [-0.25, -0.2) is 19.2 Å². The number of fused-ring (bicyclic) bond motifs is 1. The average Bonchev–Trinajstić information content (AvgIpc) is 2.90. The minimum absolute atomic E-state index is 0.0330. The first-order chi connectivity index (χ1) is 12.5. The summed E-state index contributed by atoms with van der Waals surface area (Å²) < 4.78 is 21.6. The van der Waals surface area contributed by atoms with Crippen LogP contribution in [0.3, 0.4) is 0 Å². The van der Waals surface area contributed by atoms with Crippen LogP contribution < -0.4 is 0 Å². The first-order valence-electron chi connectivity index (χ1n) is 8.16. The average molecular weight is 420 g/mol. The molecule has 1 N–H and O–H groups in total. The summed E-state index contributed by atoms with van der Waals surface area (Å²) >= 11 is 3.15. The van der Waals surface area contributed by atoms with Crippen LogP contribution in [0.2, 0.25) is 0 Å². The molecule has 8 heteroatoms. The van der Waals surface area contributed by atoms with Crippen molar-refractivity contribution in [2.45, 2.75) is 25.5 Å². The molecule has 1 atom stereocenters. The number of imidazole rings is 1. The summed E-state index contributed by atoms with van der Waals surface area (Å²) in [7, 11) is 0. The van der Waals surface area contributed by atoms with Gasteiger partial charge < -0.3 is 14.4 Å². The van der Waals surface area contributed by atoms with Crippen LogP contribution in [0.15, 0.2) is 34.8 Å². The quantitative estimate of drug-likeness (QED) is 0.685. The first kappa shape index (κ1) is 17.1. The van der Waals surface area contributed by atoms with Gasteiger partial charge in [-0.1, -0.05) is 6.07 Å². The Labute approximate surface area is 156 Å². The van der Waals surface area contributed by atoms with Crippen LogP contribution in [0.5, 0.6) is 0 Å². The lowest BCUT2D eigenvalue weighted by Gasteiger charge is -2.27. The maximum Gasteiger partial charge on any atom is 0.354 e. The van der Waals surface area contributed by atoms with Crippen molar-refractivity contribution in [2.75, 3.05) is 6.61 Å². The van der Waals surface area contributed by atoms with E-state index in [-0.39, 0.29) is 17.6 Å². The topological polar surface area (TPSA) is 77.2 Å². The number of nitrogens with zero attached hydrogens (tertiary/aromatic N) is 3. The van der Waals surface area contributed by atoms with Gasteiger partial charge in [-0.3, -0.25) is 0 Å². The molecule has 1 fully saturated rings. The highest BCUT2D eigenvalue weighted by molar-refractivity contribution is 9.10. The Morgan fingerprint density at radius 1 is 1.35 bits per heavy atom. The SMILES string of the molecule is O=C(O)c1ccc2nc(Cc3ccc(Br)c(F)c3)n(CC3CCO3)c2n1. The van der Waals surface area contributed by atoms with E-state index in [1.807, 2.05) is 10.6 Å². The lowest BCUT2D eigenvalue weighted by Crippen LogP contribution is -2.32.